The number of benzene rings is 2. The lowest BCUT2D eigenvalue weighted by Crippen LogP contribution is -2.36. The number of hydrogen-bond donors (Lipinski definition) is 1. The summed E-state index contributed by atoms with van der Waals surface area (Å²) in [6.45, 7) is 3.24. The number of aromatic amines is 1. The molecular weight excluding hydrogens is 407 g/mol. The lowest BCUT2D eigenvalue weighted by molar-refractivity contribution is 0.0999. The van der Waals surface area contributed by atoms with Gasteiger partial charge < -0.3 is 0 Å². The summed E-state index contributed by atoms with van der Waals surface area (Å²) in [6.07, 6.45) is 4.55. The van der Waals surface area contributed by atoms with Crippen LogP contribution in [0.15, 0.2) is 52.7 Å². The van der Waals surface area contributed by atoms with Crippen LogP contribution in [0.25, 0.3) is 0 Å². The van der Waals surface area contributed by atoms with Crippen LogP contribution in [-0.2, 0) is 6.54 Å². The van der Waals surface area contributed by atoms with Gasteiger partial charge in [-0.1, -0.05) is 24.3 Å². The van der Waals surface area contributed by atoms with Crippen molar-refractivity contribution in [3.8, 4) is 0 Å². The van der Waals surface area contributed by atoms with E-state index in [1.165, 1.54) is 30.4 Å². The van der Waals surface area contributed by atoms with E-state index in [9.17, 15) is 9.18 Å². The molecule has 0 radical (unpaired) electrons. The summed E-state index contributed by atoms with van der Waals surface area (Å²) in [5.74, 6) is -0.556. The van der Waals surface area contributed by atoms with Gasteiger partial charge in [0, 0.05) is 35.9 Å². The zero-order chi connectivity index (χ0) is 21.7. The number of likely N-dealkylation sites (tertiary alicyclic amines) is 1. The molecule has 0 bridgehead atoms. The number of ketones is 1. The SMILES string of the molecule is O=C1CN=C2c3c(cc(F)cc31)N=CC(c1ccc(CN3CCC3)cc1)C2c1ncn[nH]1. The molecule has 0 amide bonds. The molecule has 2 aromatic carbocycles. The lowest BCUT2D eigenvalue weighted by Gasteiger charge is -2.31. The molecule has 7 nitrogen and oxygen atoms in total. The highest BCUT2D eigenvalue weighted by atomic mass is 19.1. The van der Waals surface area contributed by atoms with Crippen molar-refractivity contribution < 1.29 is 9.18 Å². The van der Waals surface area contributed by atoms with Gasteiger partial charge in [0.15, 0.2) is 5.78 Å². The molecule has 4 heterocycles. The first-order valence-electron chi connectivity index (χ1n) is 10.8. The maximum Gasteiger partial charge on any atom is 0.185 e. The Labute approximate surface area is 184 Å². The number of carbonyl (C=O) groups is 1. The molecule has 0 aliphatic carbocycles. The van der Waals surface area contributed by atoms with Crippen molar-refractivity contribution in [2.24, 2.45) is 9.98 Å². The smallest absolute Gasteiger partial charge is 0.185 e. The third-order valence-electron chi connectivity index (χ3n) is 6.51. The van der Waals surface area contributed by atoms with Gasteiger partial charge in [-0.3, -0.25) is 24.8 Å². The summed E-state index contributed by atoms with van der Waals surface area (Å²) >= 11 is 0. The Morgan fingerprint density at radius 2 is 2.00 bits per heavy atom. The molecule has 2 atom stereocenters. The number of rotatable bonds is 4. The minimum atomic E-state index is -0.476. The number of nitrogens with zero attached hydrogens (tertiary/aromatic N) is 5. The Hall–Kier alpha value is -3.52. The van der Waals surface area contributed by atoms with E-state index in [1.54, 1.807) is 0 Å². The van der Waals surface area contributed by atoms with Crippen molar-refractivity contribution in [3.05, 3.63) is 76.6 Å². The maximum absolute atomic E-state index is 14.3. The fourth-order valence-corrected chi connectivity index (χ4v) is 4.76. The number of aliphatic imine (C=N–C) groups is 2. The van der Waals surface area contributed by atoms with Crippen molar-refractivity contribution >= 4 is 23.4 Å². The second-order valence-electron chi connectivity index (χ2n) is 8.50. The molecule has 0 saturated carbocycles. The molecule has 32 heavy (non-hydrogen) atoms. The number of aromatic nitrogens is 3. The molecule has 1 aromatic heterocycles. The van der Waals surface area contributed by atoms with Gasteiger partial charge in [0.25, 0.3) is 0 Å². The van der Waals surface area contributed by atoms with E-state index in [2.05, 4.69) is 54.3 Å². The van der Waals surface area contributed by atoms with Crippen molar-refractivity contribution in [1.82, 2.24) is 20.1 Å². The van der Waals surface area contributed by atoms with E-state index in [-0.39, 0.29) is 24.2 Å². The van der Waals surface area contributed by atoms with Crippen LogP contribution in [0.3, 0.4) is 0 Å². The third-order valence-corrected chi connectivity index (χ3v) is 6.51. The van der Waals surface area contributed by atoms with Crippen LogP contribution in [0.5, 0.6) is 0 Å². The van der Waals surface area contributed by atoms with E-state index >= 15 is 0 Å². The van der Waals surface area contributed by atoms with Gasteiger partial charge in [-0.05, 0) is 36.7 Å². The van der Waals surface area contributed by atoms with E-state index in [4.69, 9.17) is 0 Å². The van der Waals surface area contributed by atoms with Gasteiger partial charge >= 0.3 is 0 Å². The minimum Gasteiger partial charge on any atom is -0.299 e. The van der Waals surface area contributed by atoms with Crippen molar-refractivity contribution in [1.29, 1.82) is 0 Å². The molecule has 3 aliphatic heterocycles. The van der Waals surface area contributed by atoms with Crippen LogP contribution in [0.4, 0.5) is 10.1 Å². The normalized spacial score (nSPS) is 22.2. The van der Waals surface area contributed by atoms with E-state index < -0.39 is 5.82 Å². The average Bonchev–Trinajstić information content (AvgIpc) is 3.24. The van der Waals surface area contributed by atoms with Gasteiger partial charge in [-0.25, -0.2) is 9.37 Å². The van der Waals surface area contributed by atoms with E-state index in [0.717, 1.165) is 25.2 Å². The monoisotopic (exact) mass is 428 g/mol. The first-order valence-corrected chi connectivity index (χ1v) is 10.8. The highest BCUT2D eigenvalue weighted by Crippen LogP contribution is 2.42. The fourth-order valence-electron chi connectivity index (χ4n) is 4.76. The average molecular weight is 428 g/mol. The summed E-state index contributed by atoms with van der Waals surface area (Å²) in [5, 5.41) is 7.02. The summed E-state index contributed by atoms with van der Waals surface area (Å²) in [4.78, 5) is 28.6. The zero-order valence-electron chi connectivity index (χ0n) is 17.3. The van der Waals surface area contributed by atoms with Crippen molar-refractivity contribution in [3.63, 3.8) is 0 Å². The van der Waals surface area contributed by atoms with Crippen LogP contribution < -0.4 is 0 Å². The lowest BCUT2D eigenvalue weighted by atomic mass is 9.79. The number of carbonyl (C=O) groups excluding carboxylic acids is 1. The molecular formula is C24H21FN6O. The molecule has 3 aliphatic rings. The van der Waals surface area contributed by atoms with Gasteiger partial charge in [-0.15, -0.1) is 0 Å². The number of halogens is 1. The fraction of sp³-hybridized carbons (Fsp3) is 0.292. The minimum absolute atomic E-state index is 0.0165. The number of nitrogens with one attached hydrogen (secondary N) is 1. The first-order chi connectivity index (χ1) is 15.7. The molecule has 0 spiro atoms. The Kier molecular flexibility index (Phi) is 4.53. The first kappa shape index (κ1) is 19.2. The van der Waals surface area contributed by atoms with Gasteiger partial charge in [0.1, 0.15) is 24.5 Å². The molecule has 1 saturated heterocycles. The van der Waals surface area contributed by atoms with Crippen molar-refractivity contribution in [2.75, 3.05) is 19.6 Å². The molecule has 1 N–H and O–H groups in total. The van der Waals surface area contributed by atoms with Crippen LogP contribution in [0.1, 0.15) is 51.1 Å². The number of hydrogen-bond acceptors (Lipinski definition) is 6. The zero-order valence-corrected chi connectivity index (χ0v) is 17.3. The quantitative estimate of drug-likeness (QED) is 0.690. The Bertz CT molecular complexity index is 1240. The molecule has 6 rings (SSSR count). The summed E-state index contributed by atoms with van der Waals surface area (Å²) in [6, 6.07) is 11.2. The van der Waals surface area contributed by atoms with Gasteiger partial charge in [-0.2, -0.15) is 5.10 Å². The standard InChI is InChI=1S/C24H21FN6O/c25-16-8-17-20(32)11-27-23-21(17)19(9-16)26-10-18(22(23)24-28-13-29-30-24)15-4-2-14(3-5-15)12-31-6-1-7-31/h2-5,8-10,13,18,22H,1,6-7,11-12H2,(H,28,29,30). The second kappa shape index (κ2) is 7.56. The van der Waals surface area contributed by atoms with Gasteiger partial charge in [0.05, 0.1) is 17.3 Å². The molecule has 8 heteroatoms. The summed E-state index contributed by atoms with van der Waals surface area (Å²) in [5.41, 5.74) is 4.36. The predicted molar refractivity (Wildman–Crippen MR) is 118 cm³/mol. The Morgan fingerprint density at radius 3 is 2.72 bits per heavy atom. The molecule has 2 unspecified atom stereocenters. The third kappa shape index (κ3) is 3.18. The maximum atomic E-state index is 14.3. The van der Waals surface area contributed by atoms with Crippen molar-refractivity contribution in [2.45, 2.75) is 24.8 Å². The number of Topliss-reactive ketones (excluding diaryl/α,β-unsaturated/α-hetero) is 1. The van der Waals surface area contributed by atoms with Gasteiger partial charge in [0.2, 0.25) is 0 Å². The highest BCUT2D eigenvalue weighted by Gasteiger charge is 2.38. The van der Waals surface area contributed by atoms with Crippen LogP contribution in [-0.4, -0.2) is 57.4 Å². The summed E-state index contributed by atoms with van der Waals surface area (Å²) in [7, 11) is 0. The topological polar surface area (TPSA) is 86.6 Å². The Morgan fingerprint density at radius 1 is 1.16 bits per heavy atom. The molecule has 3 aromatic rings. The van der Waals surface area contributed by atoms with E-state index in [0.29, 0.717) is 28.4 Å². The predicted octanol–water partition coefficient (Wildman–Crippen LogP) is 3.42. The molecule has 1 fully saturated rings. The van der Waals surface area contributed by atoms with E-state index in [1.807, 2.05) is 6.21 Å². The Balaban J connectivity index is 1.46. The second-order valence-corrected chi connectivity index (χ2v) is 8.50. The van der Waals surface area contributed by atoms with Crippen LogP contribution in [0, 0.1) is 5.82 Å². The van der Waals surface area contributed by atoms with Crippen LogP contribution in [0.2, 0.25) is 0 Å². The van der Waals surface area contributed by atoms with Crippen LogP contribution >= 0.6 is 0 Å². The molecule has 160 valence electrons. The largest absolute Gasteiger partial charge is 0.299 e. The highest BCUT2D eigenvalue weighted by molar-refractivity contribution is 6.21. The summed E-state index contributed by atoms with van der Waals surface area (Å²) < 4.78 is 14.3. The number of H-pyrrole nitrogens is 1.